The first kappa shape index (κ1) is 14.2. The molecule has 0 amide bonds. The maximum absolute atomic E-state index is 5.50. The number of hydrogen-bond acceptors (Lipinski definition) is 5. The van der Waals surface area contributed by atoms with Gasteiger partial charge >= 0.3 is 0 Å². The first-order valence-corrected chi connectivity index (χ1v) is 6.48. The van der Waals surface area contributed by atoms with Crippen molar-refractivity contribution in [1.29, 1.82) is 0 Å². The maximum Gasteiger partial charge on any atom is 0.221 e. The molecule has 1 aromatic rings. The fourth-order valence-electron chi connectivity index (χ4n) is 1.20. The number of ether oxygens (including phenoxy) is 1. The molecular formula is C11H19BrN4O. The minimum absolute atomic E-state index is 0.270. The van der Waals surface area contributed by atoms with E-state index in [2.05, 4.69) is 45.1 Å². The van der Waals surface area contributed by atoms with Crippen LogP contribution in [0.25, 0.3) is 0 Å². The molecule has 96 valence electrons. The summed E-state index contributed by atoms with van der Waals surface area (Å²) in [5.41, 5.74) is 5.50. The molecule has 0 atom stereocenters. The highest BCUT2D eigenvalue weighted by atomic mass is 79.9. The molecule has 0 aromatic carbocycles. The molecular weight excluding hydrogens is 284 g/mol. The normalized spacial score (nSPS) is 10.8. The molecule has 0 spiro atoms. The molecule has 0 saturated heterocycles. The van der Waals surface area contributed by atoms with Crippen molar-refractivity contribution in [2.24, 2.45) is 5.92 Å². The van der Waals surface area contributed by atoms with Crippen molar-refractivity contribution < 1.29 is 4.74 Å². The average Bonchev–Trinajstić information content (AvgIpc) is 2.27. The Morgan fingerprint density at radius 3 is 3.00 bits per heavy atom. The predicted molar refractivity (Wildman–Crippen MR) is 72.9 cm³/mol. The monoisotopic (exact) mass is 302 g/mol. The third kappa shape index (κ3) is 5.83. The minimum Gasteiger partial charge on any atom is -0.381 e. The van der Waals surface area contributed by atoms with E-state index in [4.69, 9.17) is 10.5 Å². The van der Waals surface area contributed by atoms with Gasteiger partial charge in [-0.3, -0.25) is 0 Å². The van der Waals surface area contributed by atoms with E-state index in [9.17, 15) is 0 Å². The summed E-state index contributed by atoms with van der Waals surface area (Å²) in [6, 6.07) is 0. The molecule has 17 heavy (non-hydrogen) atoms. The van der Waals surface area contributed by atoms with Crippen LogP contribution in [0.2, 0.25) is 0 Å². The van der Waals surface area contributed by atoms with Gasteiger partial charge in [0.05, 0.1) is 4.47 Å². The van der Waals surface area contributed by atoms with Gasteiger partial charge in [-0.2, -0.15) is 4.98 Å². The number of hydrogen-bond donors (Lipinski definition) is 2. The SMILES string of the molecule is CC(C)COCCCNc1nc(N)ncc1Br. The summed E-state index contributed by atoms with van der Waals surface area (Å²) in [6.45, 7) is 6.64. The summed E-state index contributed by atoms with van der Waals surface area (Å²) >= 11 is 3.36. The number of nitrogen functional groups attached to an aromatic ring is 1. The van der Waals surface area contributed by atoms with E-state index in [1.165, 1.54) is 0 Å². The largest absolute Gasteiger partial charge is 0.381 e. The van der Waals surface area contributed by atoms with Gasteiger partial charge in [-0.1, -0.05) is 13.8 Å². The highest BCUT2D eigenvalue weighted by molar-refractivity contribution is 9.10. The highest BCUT2D eigenvalue weighted by Gasteiger charge is 2.02. The molecule has 0 aliphatic rings. The highest BCUT2D eigenvalue weighted by Crippen LogP contribution is 2.18. The second-order valence-electron chi connectivity index (χ2n) is 4.17. The summed E-state index contributed by atoms with van der Waals surface area (Å²) in [7, 11) is 0. The van der Waals surface area contributed by atoms with Crippen LogP contribution in [0.3, 0.4) is 0 Å². The summed E-state index contributed by atoms with van der Waals surface area (Å²) in [6.07, 6.45) is 2.57. The van der Waals surface area contributed by atoms with E-state index in [0.29, 0.717) is 5.92 Å². The number of aromatic nitrogens is 2. The fourth-order valence-corrected chi connectivity index (χ4v) is 1.54. The molecule has 6 heteroatoms. The third-order valence-electron chi connectivity index (χ3n) is 1.97. The summed E-state index contributed by atoms with van der Waals surface area (Å²) < 4.78 is 6.29. The lowest BCUT2D eigenvalue weighted by atomic mass is 10.2. The van der Waals surface area contributed by atoms with Gasteiger partial charge in [0.2, 0.25) is 5.95 Å². The average molecular weight is 303 g/mol. The maximum atomic E-state index is 5.50. The van der Waals surface area contributed by atoms with Crippen LogP contribution in [0, 0.1) is 5.92 Å². The quantitative estimate of drug-likeness (QED) is 0.756. The van der Waals surface area contributed by atoms with Crippen molar-refractivity contribution >= 4 is 27.7 Å². The molecule has 1 aromatic heterocycles. The second-order valence-corrected chi connectivity index (χ2v) is 5.03. The zero-order valence-electron chi connectivity index (χ0n) is 10.2. The van der Waals surface area contributed by atoms with Crippen LogP contribution in [-0.4, -0.2) is 29.7 Å². The minimum atomic E-state index is 0.270. The standard InChI is InChI=1S/C11H19BrN4O/c1-8(2)7-17-5-3-4-14-10-9(12)6-15-11(13)16-10/h6,8H,3-5,7H2,1-2H3,(H3,13,14,15,16). The Hall–Kier alpha value is -0.880. The smallest absolute Gasteiger partial charge is 0.221 e. The zero-order valence-corrected chi connectivity index (χ0v) is 11.8. The zero-order chi connectivity index (χ0) is 12.7. The van der Waals surface area contributed by atoms with Crippen LogP contribution in [0.1, 0.15) is 20.3 Å². The van der Waals surface area contributed by atoms with Crippen molar-refractivity contribution in [3.05, 3.63) is 10.7 Å². The Labute approximate surface area is 110 Å². The van der Waals surface area contributed by atoms with E-state index in [1.807, 2.05) is 0 Å². The van der Waals surface area contributed by atoms with Crippen LogP contribution < -0.4 is 11.1 Å². The molecule has 0 bridgehead atoms. The Kier molecular flexibility index (Phi) is 6.21. The molecule has 0 aliphatic carbocycles. The molecule has 1 rings (SSSR count). The van der Waals surface area contributed by atoms with Crippen molar-refractivity contribution in [2.45, 2.75) is 20.3 Å². The number of nitrogens with zero attached hydrogens (tertiary/aromatic N) is 2. The van der Waals surface area contributed by atoms with Crippen molar-refractivity contribution in [2.75, 3.05) is 30.8 Å². The topological polar surface area (TPSA) is 73.1 Å². The summed E-state index contributed by atoms with van der Waals surface area (Å²) in [4.78, 5) is 7.96. The Morgan fingerprint density at radius 1 is 1.53 bits per heavy atom. The number of rotatable bonds is 7. The van der Waals surface area contributed by atoms with E-state index in [1.54, 1.807) is 6.20 Å². The van der Waals surface area contributed by atoms with Crippen molar-refractivity contribution in [1.82, 2.24) is 9.97 Å². The van der Waals surface area contributed by atoms with E-state index < -0.39 is 0 Å². The molecule has 0 radical (unpaired) electrons. The fraction of sp³-hybridized carbons (Fsp3) is 0.636. The van der Waals surface area contributed by atoms with Gasteiger partial charge in [0.25, 0.3) is 0 Å². The molecule has 0 fully saturated rings. The molecule has 0 saturated carbocycles. The van der Waals surface area contributed by atoms with Crippen LogP contribution in [0.4, 0.5) is 11.8 Å². The van der Waals surface area contributed by atoms with Gasteiger partial charge in [0.1, 0.15) is 5.82 Å². The number of halogens is 1. The van der Waals surface area contributed by atoms with Crippen LogP contribution >= 0.6 is 15.9 Å². The number of nitrogens with two attached hydrogens (primary N) is 1. The first-order valence-electron chi connectivity index (χ1n) is 5.69. The van der Waals surface area contributed by atoms with Gasteiger partial charge in [-0.25, -0.2) is 4.98 Å². The van der Waals surface area contributed by atoms with Gasteiger partial charge in [0, 0.05) is 26.0 Å². The molecule has 0 aliphatic heterocycles. The van der Waals surface area contributed by atoms with E-state index >= 15 is 0 Å². The Bertz CT molecular complexity index is 346. The van der Waals surface area contributed by atoms with Crippen molar-refractivity contribution in [3.63, 3.8) is 0 Å². The van der Waals surface area contributed by atoms with Crippen LogP contribution in [0.5, 0.6) is 0 Å². The lowest BCUT2D eigenvalue weighted by Gasteiger charge is -2.09. The van der Waals surface area contributed by atoms with Gasteiger partial charge < -0.3 is 15.8 Å². The molecule has 0 unspecified atom stereocenters. The lowest BCUT2D eigenvalue weighted by molar-refractivity contribution is 0.110. The second kappa shape index (κ2) is 7.45. The van der Waals surface area contributed by atoms with Crippen LogP contribution in [0.15, 0.2) is 10.7 Å². The van der Waals surface area contributed by atoms with Gasteiger partial charge in [0.15, 0.2) is 0 Å². The molecule has 3 N–H and O–H groups in total. The van der Waals surface area contributed by atoms with Gasteiger partial charge in [-0.05, 0) is 28.3 Å². The molecule has 1 heterocycles. The predicted octanol–water partition coefficient (Wildman–Crippen LogP) is 2.30. The molecule has 5 nitrogen and oxygen atoms in total. The summed E-state index contributed by atoms with van der Waals surface area (Å²) in [5, 5.41) is 3.18. The Balaban J connectivity index is 2.20. The van der Waals surface area contributed by atoms with Crippen LogP contribution in [-0.2, 0) is 4.74 Å². The summed E-state index contributed by atoms with van der Waals surface area (Å²) in [5.74, 6) is 1.58. The number of anilines is 2. The van der Waals surface area contributed by atoms with Gasteiger partial charge in [-0.15, -0.1) is 0 Å². The Morgan fingerprint density at radius 2 is 2.29 bits per heavy atom. The van der Waals surface area contributed by atoms with E-state index in [0.717, 1.165) is 36.5 Å². The third-order valence-corrected chi connectivity index (χ3v) is 2.55. The first-order chi connectivity index (χ1) is 8.09. The van der Waals surface area contributed by atoms with E-state index in [-0.39, 0.29) is 5.95 Å². The van der Waals surface area contributed by atoms with Crippen molar-refractivity contribution in [3.8, 4) is 0 Å². The number of nitrogens with one attached hydrogen (secondary N) is 1. The lowest BCUT2D eigenvalue weighted by Crippen LogP contribution is -2.10.